The molecule has 0 aliphatic carbocycles. The summed E-state index contributed by atoms with van der Waals surface area (Å²) in [5, 5.41) is 4.78. The van der Waals surface area contributed by atoms with Gasteiger partial charge in [-0.2, -0.15) is 0 Å². The number of benzene rings is 3. The average Bonchev–Trinajstić information content (AvgIpc) is 2.92. The molecule has 3 amide bonds. The topological polar surface area (TPSA) is 66.5 Å². The van der Waals surface area contributed by atoms with Crippen molar-refractivity contribution in [2.24, 2.45) is 0 Å². The van der Waals surface area contributed by atoms with Gasteiger partial charge in [0.1, 0.15) is 5.54 Å². The molecular formula is C22H17BrN2O3. The van der Waals surface area contributed by atoms with E-state index in [1.165, 1.54) is 0 Å². The number of Topliss-reactive ketones (excluding diaryl/α,β-unsaturated/α-hetero) is 1. The van der Waals surface area contributed by atoms with E-state index in [0.29, 0.717) is 11.1 Å². The lowest BCUT2D eigenvalue weighted by atomic mass is 9.90. The maximum absolute atomic E-state index is 13.1. The van der Waals surface area contributed by atoms with Crippen LogP contribution in [0.2, 0.25) is 0 Å². The Morgan fingerprint density at radius 3 is 2.39 bits per heavy atom. The van der Waals surface area contributed by atoms with Crippen molar-refractivity contribution >= 4 is 44.4 Å². The zero-order valence-electron chi connectivity index (χ0n) is 15.1. The SMILES string of the molecule is CC1(c2ccc3ccccc3c2)NC(=O)N(CC(=O)c2ccc(Br)cc2)C1=O. The van der Waals surface area contributed by atoms with Crippen LogP contribution in [0.3, 0.4) is 0 Å². The fourth-order valence-electron chi connectivity index (χ4n) is 3.41. The van der Waals surface area contributed by atoms with Crippen LogP contribution in [0, 0.1) is 0 Å². The number of hydrogen-bond donors (Lipinski definition) is 1. The molecule has 0 bridgehead atoms. The minimum absolute atomic E-state index is 0.293. The molecule has 5 nitrogen and oxygen atoms in total. The number of hydrogen-bond acceptors (Lipinski definition) is 3. The number of ketones is 1. The van der Waals surface area contributed by atoms with Crippen molar-refractivity contribution in [3.05, 3.63) is 82.3 Å². The highest BCUT2D eigenvalue weighted by Crippen LogP contribution is 2.31. The normalized spacial score (nSPS) is 19.1. The minimum atomic E-state index is -1.21. The Bertz CT molecular complexity index is 1110. The molecule has 1 atom stereocenters. The number of rotatable bonds is 4. The summed E-state index contributed by atoms with van der Waals surface area (Å²) >= 11 is 3.32. The summed E-state index contributed by atoms with van der Waals surface area (Å²) in [5.74, 6) is -0.725. The van der Waals surface area contributed by atoms with Crippen molar-refractivity contribution in [3.8, 4) is 0 Å². The average molecular weight is 437 g/mol. The molecule has 0 saturated carbocycles. The Morgan fingerprint density at radius 2 is 1.68 bits per heavy atom. The first kappa shape index (κ1) is 18.4. The number of imide groups is 1. The van der Waals surface area contributed by atoms with Crippen molar-refractivity contribution < 1.29 is 14.4 Å². The minimum Gasteiger partial charge on any atom is -0.319 e. The first-order valence-corrected chi connectivity index (χ1v) is 9.60. The standard InChI is InChI=1S/C22H17BrN2O3/c1-22(17-9-6-14-4-2-3-5-16(14)12-17)20(27)25(21(28)24-22)13-19(26)15-7-10-18(23)11-8-15/h2-12H,13H2,1H3,(H,24,28). The Balaban J connectivity index is 1.61. The number of fused-ring (bicyclic) bond motifs is 1. The van der Waals surface area contributed by atoms with Gasteiger partial charge in [-0.25, -0.2) is 4.79 Å². The number of carbonyl (C=O) groups excluding carboxylic acids is 3. The summed E-state index contributed by atoms with van der Waals surface area (Å²) in [5.41, 5.74) is -0.0764. The van der Waals surface area contributed by atoms with Gasteiger partial charge in [0, 0.05) is 10.0 Å². The zero-order chi connectivity index (χ0) is 19.9. The predicted molar refractivity (Wildman–Crippen MR) is 110 cm³/mol. The number of nitrogens with zero attached hydrogens (tertiary/aromatic N) is 1. The van der Waals surface area contributed by atoms with Crippen molar-refractivity contribution in [3.63, 3.8) is 0 Å². The van der Waals surface area contributed by atoms with Gasteiger partial charge in [0.05, 0.1) is 6.54 Å². The largest absolute Gasteiger partial charge is 0.325 e. The summed E-state index contributed by atoms with van der Waals surface area (Å²) in [7, 11) is 0. The monoisotopic (exact) mass is 436 g/mol. The zero-order valence-corrected chi connectivity index (χ0v) is 16.7. The molecular weight excluding hydrogens is 420 g/mol. The summed E-state index contributed by atoms with van der Waals surface area (Å²) in [6.07, 6.45) is 0. The molecule has 1 N–H and O–H groups in total. The van der Waals surface area contributed by atoms with Gasteiger partial charge in [-0.3, -0.25) is 14.5 Å². The van der Waals surface area contributed by atoms with Crippen LogP contribution in [0.25, 0.3) is 10.8 Å². The molecule has 0 radical (unpaired) electrons. The quantitative estimate of drug-likeness (QED) is 0.490. The van der Waals surface area contributed by atoms with E-state index in [1.807, 2.05) is 42.5 Å². The second-order valence-corrected chi connectivity index (χ2v) is 7.85. The van der Waals surface area contributed by atoms with Crippen molar-refractivity contribution in [2.75, 3.05) is 6.54 Å². The van der Waals surface area contributed by atoms with E-state index in [0.717, 1.165) is 20.1 Å². The molecule has 3 aromatic rings. The molecule has 0 spiro atoms. The highest BCUT2D eigenvalue weighted by Gasteiger charge is 2.49. The molecule has 3 aromatic carbocycles. The fraction of sp³-hybridized carbons (Fsp3) is 0.136. The number of amides is 3. The van der Waals surface area contributed by atoms with Gasteiger partial charge in [0.25, 0.3) is 5.91 Å². The molecule has 140 valence electrons. The van der Waals surface area contributed by atoms with E-state index in [4.69, 9.17) is 0 Å². The Hall–Kier alpha value is -2.99. The van der Waals surface area contributed by atoms with Crippen LogP contribution < -0.4 is 5.32 Å². The second-order valence-electron chi connectivity index (χ2n) is 6.94. The number of nitrogens with one attached hydrogen (secondary N) is 1. The van der Waals surface area contributed by atoms with Gasteiger partial charge in [0.2, 0.25) is 0 Å². The molecule has 1 heterocycles. The molecule has 1 aliphatic heterocycles. The number of urea groups is 1. The van der Waals surface area contributed by atoms with Gasteiger partial charge in [-0.05, 0) is 41.5 Å². The van der Waals surface area contributed by atoms with E-state index in [1.54, 1.807) is 31.2 Å². The third kappa shape index (κ3) is 3.10. The van der Waals surface area contributed by atoms with E-state index in [2.05, 4.69) is 21.2 Å². The fourth-order valence-corrected chi connectivity index (χ4v) is 3.67. The van der Waals surface area contributed by atoms with Gasteiger partial charge in [-0.1, -0.05) is 64.5 Å². The first-order valence-electron chi connectivity index (χ1n) is 8.81. The van der Waals surface area contributed by atoms with Gasteiger partial charge < -0.3 is 5.32 Å². The van der Waals surface area contributed by atoms with E-state index in [-0.39, 0.29) is 12.3 Å². The molecule has 1 saturated heterocycles. The van der Waals surface area contributed by atoms with Crippen molar-refractivity contribution in [2.45, 2.75) is 12.5 Å². The molecule has 1 unspecified atom stereocenters. The smallest absolute Gasteiger partial charge is 0.319 e. The van der Waals surface area contributed by atoms with Crippen LogP contribution in [-0.2, 0) is 10.3 Å². The molecule has 0 aromatic heterocycles. The third-order valence-corrected chi connectivity index (χ3v) is 5.60. The third-order valence-electron chi connectivity index (χ3n) is 5.07. The van der Waals surface area contributed by atoms with E-state index in [9.17, 15) is 14.4 Å². The van der Waals surface area contributed by atoms with Crippen LogP contribution in [0.4, 0.5) is 4.79 Å². The second kappa shape index (κ2) is 6.87. The summed E-state index contributed by atoms with van der Waals surface area (Å²) in [6.45, 7) is 1.37. The molecule has 6 heteroatoms. The molecule has 4 rings (SSSR count). The lowest BCUT2D eigenvalue weighted by Gasteiger charge is -2.22. The Labute approximate surface area is 170 Å². The summed E-state index contributed by atoms with van der Waals surface area (Å²) in [4.78, 5) is 39.1. The van der Waals surface area contributed by atoms with Crippen LogP contribution in [0.15, 0.2) is 71.2 Å². The lowest BCUT2D eigenvalue weighted by molar-refractivity contribution is -0.130. The van der Waals surface area contributed by atoms with E-state index >= 15 is 0 Å². The van der Waals surface area contributed by atoms with Crippen LogP contribution in [0.5, 0.6) is 0 Å². The highest BCUT2D eigenvalue weighted by atomic mass is 79.9. The first-order chi connectivity index (χ1) is 13.4. The molecule has 28 heavy (non-hydrogen) atoms. The number of halogens is 1. The van der Waals surface area contributed by atoms with Crippen molar-refractivity contribution in [1.82, 2.24) is 10.2 Å². The molecule has 1 aliphatic rings. The molecule has 1 fully saturated rings. The van der Waals surface area contributed by atoms with E-state index < -0.39 is 17.5 Å². The predicted octanol–water partition coefficient (Wildman–Crippen LogP) is 4.25. The maximum atomic E-state index is 13.1. The number of carbonyl (C=O) groups is 3. The van der Waals surface area contributed by atoms with Gasteiger partial charge in [-0.15, -0.1) is 0 Å². The summed E-state index contributed by atoms with van der Waals surface area (Å²) in [6, 6.07) is 19.7. The Morgan fingerprint density at radius 1 is 1.00 bits per heavy atom. The van der Waals surface area contributed by atoms with Crippen LogP contribution >= 0.6 is 15.9 Å². The lowest BCUT2D eigenvalue weighted by Crippen LogP contribution is -2.41. The van der Waals surface area contributed by atoms with Gasteiger partial charge >= 0.3 is 6.03 Å². The van der Waals surface area contributed by atoms with Crippen LogP contribution in [0.1, 0.15) is 22.8 Å². The van der Waals surface area contributed by atoms with Crippen molar-refractivity contribution in [1.29, 1.82) is 0 Å². The van der Waals surface area contributed by atoms with Crippen LogP contribution in [-0.4, -0.2) is 29.2 Å². The maximum Gasteiger partial charge on any atom is 0.325 e. The highest BCUT2D eigenvalue weighted by molar-refractivity contribution is 9.10. The van der Waals surface area contributed by atoms with Gasteiger partial charge in [0.15, 0.2) is 5.78 Å². The summed E-state index contributed by atoms with van der Waals surface area (Å²) < 4.78 is 0.850. The Kier molecular flexibility index (Phi) is 4.51.